The number of nitrogens with one attached hydrogen (secondary N) is 2. The quantitative estimate of drug-likeness (QED) is 0.661. The van der Waals surface area contributed by atoms with Crippen LogP contribution < -0.4 is 19.5 Å². The van der Waals surface area contributed by atoms with Crippen LogP contribution in [0.25, 0.3) is 0 Å². The van der Waals surface area contributed by atoms with Crippen molar-refractivity contribution >= 4 is 21.6 Å². The average Bonchev–Trinajstić information content (AvgIpc) is 2.64. The van der Waals surface area contributed by atoms with Gasteiger partial charge in [-0.1, -0.05) is 6.07 Å². The molecular formula is C22H30N2O5S. The van der Waals surface area contributed by atoms with E-state index in [0.29, 0.717) is 11.5 Å². The molecule has 1 amide bonds. The Balaban J connectivity index is 2.26. The second-order valence-corrected chi connectivity index (χ2v) is 9.31. The van der Waals surface area contributed by atoms with Gasteiger partial charge in [0.05, 0.1) is 17.7 Å². The number of carbonyl (C=O) groups excluding carboxylic acids is 1. The van der Waals surface area contributed by atoms with Gasteiger partial charge in [-0.25, -0.2) is 13.1 Å². The monoisotopic (exact) mass is 434 g/mol. The Morgan fingerprint density at radius 1 is 1.00 bits per heavy atom. The number of ether oxygens (including phenoxy) is 2. The van der Waals surface area contributed by atoms with Gasteiger partial charge in [0, 0.05) is 6.04 Å². The Labute approximate surface area is 178 Å². The van der Waals surface area contributed by atoms with Crippen LogP contribution in [0.5, 0.6) is 11.5 Å². The highest BCUT2D eigenvalue weighted by Gasteiger charge is 2.21. The third-order valence-corrected chi connectivity index (χ3v) is 6.22. The highest BCUT2D eigenvalue weighted by molar-refractivity contribution is 7.89. The molecule has 0 aliphatic heterocycles. The van der Waals surface area contributed by atoms with Crippen LogP contribution in [-0.4, -0.2) is 33.6 Å². The molecule has 0 radical (unpaired) electrons. The molecule has 8 heteroatoms. The fraction of sp³-hybridized carbons (Fsp3) is 0.409. The lowest BCUT2D eigenvalue weighted by Gasteiger charge is -2.19. The number of sulfonamides is 1. The first-order chi connectivity index (χ1) is 13.9. The summed E-state index contributed by atoms with van der Waals surface area (Å²) in [5.74, 6) is 0.569. The Bertz CT molecular complexity index is 1030. The zero-order valence-electron chi connectivity index (χ0n) is 18.5. The van der Waals surface area contributed by atoms with E-state index in [9.17, 15) is 13.2 Å². The third kappa shape index (κ3) is 5.73. The van der Waals surface area contributed by atoms with Crippen LogP contribution in [0.3, 0.4) is 0 Å². The van der Waals surface area contributed by atoms with Crippen molar-refractivity contribution in [2.75, 3.05) is 12.4 Å². The maximum absolute atomic E-state index is 12.7. The van der Waals surface area contributed by atoms with Crippen LogP contribution in [0.1, 0.15) is 37.5 Å². The van der Waals surface area contributed by atoms with E-state index in [1.165, 1.54) is 25.3 Å². The topological polar surface area (TPSA) is 93.7 Å². The van der Waals surface area contributed by atoms with E-state index in [1.807, 2.05) is 26.8 Å². The van der Waals surface area contributed by atoms with Gasteiger partial charge >= 0.3 is 0 Å². The molecule has 0 fully saturated rings. The average molecular weight is 435 g/mol. The van der Waals surface area contributed by atoms with Crippen molar-refractivity contribution in [3.8, 4) is 11.5 Å². The van der Waals surface area contributed by atoms with Crippen LogP contribution in [0, 0.1) is 20.8 Å². The summed E-state index contributed by atoms with van der Waals surface area (Å²) in [6, 6.07) is 7.98. The van der Waals surface area contributed by atoms with Gasteiger partial charge in [-0.2, -0.15) is 0 Å². The standard InChI is InChI=1S/C22H30N2O5S/c1-13(2)24-30(26,27)18-8-9-20(28-7)19(12-18)23-22(25)17(6)29-21-11-14(3)10-15(4)16(21)5/h8-13,17,24H,1-7H3,(H,23,25)/t17-/m0/s1. The molecular weight excluding hydrogens is 404 g/mol. The first-order valence-corrected chi connectivity index (χ1v) is 11.2. The summed E-state index contributed by atoms with van der Waals surface area (Å²) in [7, 11) is -2.27. The predicted octanol–water partition coefficient (Wildman–Crippen LogP) is 3.71. The summed E-state index contributed by atoms with van der Waals surface area (Å²) in [6.45, 7) is 11.0. The highest BCUT2D eigenvalue weighted by atomic mass is 32.2. The molecule has 0 heterocycles. The maximum Gasteiger partial charge on any atom is 0.265 e. The Hall–Kier alpha value is -2.58. The van der Waals surface area contributed by atoms with Gasteiger partial charge < -0.3 is 14.8 Å². The van der Waals surface area contributed by atoms with Crippen molar-refractivity contribution < 1.29 is 22.7 Å². The van der Waals surface area contributed by atoms with Gasteiger partial charge in [0.1, 0.15) is 11.5 Å². The van der Waals surface area contributed by atoms with Crippen molar-refractivity contribution in [3.05, 3.63) is 47.0 Å². The number of benzene rings is 2. The van der Waals surface area contributed by atoms with Gasteiger partial charge in [-0.3, -0.25) is 4.79 Å². The number of carbonyl (C=O) groups is 1. The predicted molar refractivity (Wildman–Crippen MR) is 118 cm³/mol. The molecule has 0 saturated heterocycles. The number of hydrogen-bond donors (Lipinski definition) is 2. The van der Waals surface area contributed by atoms with Crippen molar-refractivity contribution in [3.63, 3.8) is 0 Å². The van der Waals surface area contributed by atoms with Crippen molar-refractivity contribution in [1.82, 2.24) is 4.72 Å². The van der Waals surface area contributed by atoms with E-state index >= 15 is 0 Å². The molecule has 0 spiro atoms. The largest absolute Gasteiger partial charge is 0.495 e. The SMILES string of the molecule is COc1ccc(S(=O)(=O)NC(C)C)cc1NC(=O)[C@H](C)Oc1cc(C)cc(C)c1C. The molecule has 0 aliphatic rings. The molecule has 2 rings (SSSR count). The van der Waals surface area contributed by atoms with E-state index in [2.05, 4.69) is 16.1 Å². The number of anilines is 1. The number of hydrogen-bond acceptors (Lipinski definition) is 5. The van der Waals surface area contributed by atoms with Crippen molar-refractivity contribution in [1.29, 1.82) is 0 Å². The lowest BCUT2D eigenvalue weighted by Crippen LogP contribution is -2.31. The second kappa shape index (κ2) is 9.49. The smallest absolute Gasteiger partial charge is 0.265 e. The molecule has 30 heavy (non-hydrogen) atoms. The molecule has 2 aromatic carbocycles. The highest BCUT2D eigenvalue weighted by Crippen LogP contribution is 2.29. The maximum atomic E-state index is 12.7. The van der Waals surface area contributed by atoms with Crippen molar-refractivity contribution in [2.24, 2.45) is 0 Å². The van der Waals surface area contributed by atoms with Crippen LogP contribution in [-0.2, 0) is 14.8 Å². The Morgan fingerprint density at radius 3 is 2.27 bits per heavy atom. The van der Waals surface area contributed by atoms with Crippen molar-refractivity contribution in [2.45, 2.75) is 58.6 Å². The van der Waals surface area contributed by atoms with Gasteiger partial charge in [-0.15, -0.1) is 0 Å². The molecule has 0 bridgehead atoms. The van der Waals surface area contributed by atoms with E-state index in [4.69, 9.17) is 9.47 Å². The first kappa shape index (κ1) is 23.7. The minimum absolute atomic E-state index is 0.0334. The van der Waals surface area contributed by atoms with E-state index < -0.39 is 22.0 Å². The summed E-state index contributed by atoms with van der Waals surface area (Å²) in [6.07, 6.45) is -0.802. The lowest BCUT2D eigenvalue weighted by molar-refractivity contribution is -0.122. The number of aryl methyl sites for hydroxylation is 2. The van der Waals surface area contributed by atoms with Gasteiger partial charge in [0.25, 0.3) is 5.91 Å². The Morgan fingerprint density at radius 2 is 1.67 bits per heavy atom. The van der Waals surface area contributed by atoms with Gasteiger partial charge in [-0.05, 0) is 82.5 Å². The van der Waals surface area contributed by atoms with E-state index in [1.54, 1.807) is 20.8 Å². The molecule has 2 N–H and O–H groups in total. The van der Waals surface area contributed by atoms with Gasteiger partial charge in [0.2, 0.25) is 10.0 Å². The summed E-state index contributed by atoms with van der Waals surface area (Å²) in [5.41, 5.74) is 3.33. The molecule has 164 valence electrons. The second-order valence-electron chi connectivity index (χ2n) is 7.59. The minimum Gasteiger partial charge on any atom is -0.495 e. The molecule has 7 nitrogen and oxygen atoms in total. The summed E-state index contributed by atoms with van der Waals surface area (Å²) < 4.78 is 38.6. The summed E-state index contributed by atoms with van der Waals surface area (Å²) >= 11 is 0. The molecule has 0 saturated carbocycles. The lowest BCUT2D eigenvalue weighted by atomic mass is 10.1. The fourth-order valence-corrected chi connectivity index (χ4v) is 4.21. The molecule has 0 aliphatic carbocycles. The zero-order valence-corrected chi connectivity index (χ0v) is 19.3. The molecule has 1 atom stereocenters. The minimum atomic E-state index is -3.71. The summed E-state index contributed by atoms with van der Waals surface area (Å²) in [5, 5.41) is 2.71. The van der Waals surface area contributed by atoms with Crippen LogP contribution >= 0.6 is 0 Å². The van der Waals surface area contributed by atoms with Crippen LogP contribution in [0.15, 0.2) is 35.2 Å². The fourth-order valence-electron chi connectivity index (χ4n) is 2.93. The molecule has 0 unspecified atom stereocenters. The number of methoxy groups -OCH3 is 1. The number of amides is 1. The number of rotatable bonds is 8. The van der Waals surface area contributed by atoms with Crippen LogP contribution in [0.2, 0.25) is 0 Å². The normalized spacial score (nSPS) is 12.5. The summed E-state index contributed by atoms with van der Waals surface area (Å²) in [4.78, 5) is 12.8. The molecule has 2 aromatic rings. The third-order valence-electron chi connectivity index (χ3n) is 4.57. The van der Waals surface area contributed by atoms with Crippen LogP contribution in [0.4, 0.5) is 5.69 Å². The van der Waals surface area contributed by atoms with E-state index in [0.717, 1.165) is 16.7 Å². The Kier molecular flexibility index (Phi) is 7.49. The van der Waals surface area contributed by atoms with E-state index in [-0.39, 0.29) is 16.6 Å². The zero-order chi connectivity index (χ0) is 22.6. The molecule has 0 aromatic heterocycles. The first-order valence-electron chi connectivity index (χ1n) is 9.70. The van der Waals surface area contributed by atoms with Gasteiger partial charge in [0.15, 0.2) is 6.10 Å².